The standard InChI is InChI=1S/C10H16N2O/c1-8-3-10(13,4-8)5-9-6-11-12(2)7-9/h6-8,13H,3-5H2,1-2H3. The Hall–Kier alpha value is -0.830. The SMILES string of the molecule is CC1CC(O)(Cc2cnn(C)c2)C1. The van der Waals surface area contributed by atoms with Gasteiger partial charge in [0.2, 0.25) is 0 Å². The summed E-state index contributed by atoms with van der Waals surface area (Å²) in [5, 5.41) is 14.1. The zero-order valence-electron chi connectivity index (χ0n) is 8.20. The van der Waals surface area contributed by atoms with Crippen molar-refractivity contribution >= 4 is 0 Å². The molecule has 0 aromatic carbocycles. The fraction of sp³-hybridized carbons (Fsp3) is 0.700. The number of aliphatic hydroxyl groups is 1. The Balaban J connectivity index is 1.99. The van der Waals surface area contributed by atoms with Crippen LogP contribution in [0.2, 0.25) is 0 Å². The van der Waals surface area contributed by atoms with Gasteiger partial charge in [0.05, 0.1) is 11.8 Å². The molecule has 3 nitrogen and oxygen atoms in total. The second-order valence-corrected chi connectivity index (χ2v) is 4.44. The molecule has 1 saturated carbocycles. The minimum atomic E-state index is -0.442. The first kappa shape index (κ1) is 8.75. The summed E-state index contributed by atoms with van der Waals surface area (Å²) in [6.07, 6.45) is 6.43. The smallest absolute Gasteiger partial charge is 0.0694 e. The monoisotopic (exact) mass is 180 g/mol. The fourth-order valence-corrected chi connectivity index (χ4v) is 2.32. The third-order valence-corrected chi connectivity index (χ3v) is 2.75. The first-order valence-corrected chi connectivity index (χ1v) is 4.77. The van der Waals surface area contributed by atoms with Crippen molar-refractivity contribution in [2.24, 2.45) is 13.0 Å². The van der Waals surface area contributed by atoms with Crippen LogP contribution in [0.25, 0.3) is 0 Å². The summed E-state index contributed by atoms with van der Waals surface area (Å²) < 4.78 is 1.78. The molecule has 1 aliphatic rings. The van der Waals surface area contributed by atoms with Crippen LogP contribution in [0.15, 0.2) is 12.4 Å². The van der Waals surface area contributed by atoms with E-state index < -0.39 is 5.60 Å². The molecule has 0 saturated heterocycles. The van der Waals surface area contributed by atoms with E-state index >= 15 is 0 Å². The van der Waals surface area contributed by atoms with Crippen LogP contribution < -0.4 is 0 Å². The minimum absolute atomic E-state index is 0.442. The number of hydrogen-bond donors (Lipinski definition) is 1. The van der Waals surface area contributed by atoms with Crippen molar-refractivity contribution in [3.05, 3.63) is 18.0 Å². The van der Waals surface area contributed by atoms with Gasteiger partial charge in [-0.1, -0.05) is 6.92 Å². The van der Waals surface area contributed by atoms with Gasteiger partial charge in [-0.3, -0.25) is 4.68 Å². The van der Waals surface area contributed by atoms with E-state index in [2.05, 4.69) is 12.0 Å². The number of rotatable bonds is 2. The van der Waals surface area contributed by atoms with Crippen LogP contribution in [0.5, 0.6) is 0 Å². The van der Waals surface area contributed by atoms with Crippen molar-refractivity contribution in [2.45, 2.75) is 31.8 Å². The molecule has 1 fully saturated rings. The van der Waals surface area contributed by atoms with Crippen LogP contribution in [0.3, 0.4) is 0 Å². The Morgan fingerprint density at radius 2 is 2.38 bits per heavy atom. The van der Waals surface area contributed by atoms with Crippen molar-refractivity contribution in [3.8, 4) is 0 Å². The van der Waals surface area contributed by atoms with E-state index in [1.54, 1.807) is 4.68 Å². The lowest BCUT2D eigenvalue weighted by Crippen LogP contribution is -2.44. The molecule has 72 valence electrons. The molecule has 3 heteroatoms. The number of aryl methyl sites for hydroxylation is 1. The lowest BCUT2D eigenvalue weighted by Gasteiger charge is -2.42. The van der Waals surface area contributed by atoms with E-state index in [0.29, 0.717) is 5.92 Å². The number of aromatic nitrogens is 2. The molecule has 0 aliphatic heterocycles. The lowest BCUT2D eigenvalue weighted by molar-refractivity contribution is -0.0665. The van der Waals surface area contributed by atoms with Crippen LogP contribution in [-0.2, 0) is 13.5 Å². The van der Waals surface area contributed by atoms with Gasteiger partial charge < -0.3 is 5.11 Å². The van der Waals surface area contributed by atoms with Crippen molar-refractivity contribution in [1.29, 1.82) is 0 Å². The summed E-state index contributed by atoms with van der Waals surface area (Å²) in [7, 11) is 1.90. The van der Waals surface area contributed by atoms with Crippen molar-refractivity contribution in [3.63, 3.8) is 0 Å². The zero-order chi connectivity index (χ0) is 9.47. The molecule has 0 amide bonds. The molecule has 2 rings (SSSR count). The normalized spacial score (nSPS) is 33.0. The average molecular weight is 180 g/mol. The van der Waals surface area contributed by atoms with Gasteiger partial charge >= 0.3 is 0 Å². The van der Waals surface area contributed by atoms with E-state index in [0.717, 1.165) is 24.8 Å². The van der Waals surface area contributed by atoms with E-state index in [1.807, 2.05) is 19.4 Å². The molecule has 1 heterocycles. The van der Waals surface area contributed by atoms with Gasteiger partial charge in [-0.15, -0.1) is 0 Å². The Morgan fingerprint density at radius 3 is 2.85 bits per heavy atom. The molecule has 0 bridgehead atoms. The van der Waals surface area contributed by atoms with Gasteiger partial charge in [0.1, 0.15) is 0 Å². The van der Waals surface area contributed by atoms with Gasteiger partial charge in [-0.05, 0) is 24.3 Å². The van der Waals surface area contributed by atoms with Gasteiger partial charge in [0.25, 0.3) is 0 Å². The first-order valence-electron chi connectivity index (χ1n) is 4.77. The van der Waals surface area contributed by atoms with E-state index in [9.17, 15) is 5.11 Å². The summed E-state index contributed by atoms with van der Waals surface area (Å²) in [4.78, 5) is 0. The Morgan fingerprint density at radius 1 is 1.69 bits per heavy atom. The predicted octanol–water partition coefficient (Wildman–Crippen LogP) is 1.12. The molecule has 1 aromatic rings. The molecule has 1 aliphatic carbocycles. The summed E-state index contributed by atoms with van der Waals surface area (Å²) in [6, 6.07) is 0. The highest BCUT2D eigenvalue weighted by atomic mass is 16.3. The quantitative estimate of drug-likeness (QED) is 0.740. The largest absolute Gasteiger partial charge is 0.390 e. The van der Waals surface area contributed by atoms with Crippen molar-refractivity contribution in [1.82, 2.24) is 9.78 Å². The fourth-order valence-electron chi connectivity index (χ4n) is 2.32. The van der Waals surface area contributed by atoms with Crippen LogP contribution in [-0.4, -0.2) is 20.5 Å². The molecule has 0 unspecified atom stereocenters. The maximum Gasteiger partial charge on any atom is 0.0694 e. The molecule has 1 aromatic heterocycles. The highest BCUT2D eigenvalue weighted by Gasteiger charge is 2.40. The van der Waals surface area contributed by atoms with Crippen molar-refractivity contribution in [2.75, 3.05) is 0 Å². The van der Waals surface area contributed by atoms with Crippen LogP contribution in [0, 0.1) is 5.92 Å². The van der Waals surface area contributed by atoms with Gasteiger partial charge in [0, 0.05) is 19.7 Å². The topological polar surface area (TPSA) is 38.1 Å². The van der Waals surface area contributed by atoms with Gasteiger partial charge in [-0.25, -0.2) is 0 Å². The predicted molar refractivity (Wildman–Crippen MR) is 50.3 cm³/mol. The maximum atomic E-state index is 10.0. The summed E-state index contributed by atoms with van der Waals surface area (Å²) in [6.45, 7) is 2.18. The van der Waals surface area contributed by atoms with E-state index in [1.165, 1.54) is 0 Å². The zero-order valence-corrected chi connectivity index (χ0v) is 8.20. The van der Waals surface area contributed by atoms with Crippen LogP contribution in [0.1, 0.15) is 25.3 Å². The summed E-state index contributed by atoms with van der Waals surface area (Å²) in [5.41, 5.74) is 0.694. The third kappa shape index (κ3) is 1.75. The number of hydrogen-bond acceptors (Lipinski definition) is 2. The highest BCUT2D eigenvalue weighted by molar-refractivity contribution is 5.10. The molecular weight excluding hydrogens is 164 g/mol. The first-order chi connectivity index (χ1) is 6.07. The van der Waals surface area contributed by atoms with Crippen LogP contribution >= 0.6 is 0 Å². The van der Waals surface area contributed by atoms with E-state index in [4.69, 9.17) is 0 Å². The minimum Gasteiger partial charge on any atom is -0.390 e. The summed E-state index contributed by atoms with van der Waals surface area (Å²) >= 11 is 0. The second-order valence-electron chi connectivity index (χ2n) is 4.44. The Bertz CT molecular complexity index is 300. The summed E-state index contributed by atoms with van der Waals surface area (Å²) in [5.74, 6) is 0.682. The molecule has 0 radical (unpaired) electrons. The molecule has 13 heavy (non-hydrogen) atoms. The van der Waals surface area contributed by atoms with E-state index in [-0.39, 0.29) is 0 Å². The molecule has 0 atom stereocenters. The maximum absolute atomic E-state index is 10.0. The number of nitrogens with zero attached hydrogens (tertiary/aromatic N) is 2. The van der Waals surface area contributed by atoms with Gasteiger partial charge in [-0.2, -0.15) is 5.10 Å². The second kappa shape index (κ2) is 2.84. The highest BCUT2D eigenvalue weighted by Crippen LogP contribution is 2.39. The van der Waals surface area contributed by atoms with Crippen molar-refractivity contribution < 1.29 is 5.11 Å². The van der Waals surface area contributed by atoms with Crippen LogP contribution in [0.4, 0.5) is 0 Å². The van der Waals surface area contributed by atoms with Gasteiger partial charge in [0.15, 0.2) is 0 Å². The molecule has 0 spiro atoms. The average Bonchev–Trinajstić information content (AvgIpc) is 2.32. The Kier molecular flexibility index (Phi) is 1.91. The lowest BCUT2D eigenvalue weighted by atomic mass is 9.69. The Labute approximate surface area is 78.4 Å². The molecule has 1 N–H and O–H groups in total. The molecular formula is C10H16N2O. The third-order valence-electron chi connectivity index (χ3n) is 2.75.